The summed E-state index contributed by atoms with van der Waals surface area (Å²) >= 11 is 0. The lowest BCUT2D eigenvalue weighted by Crippen LogP contribution is -2.29. The summed E-state index contributed by atoms with van der Waals surface area (Å²) in [6.45, 7) is 6.77. The van der Waals surface area contributed by atoms with Crippen molar-refractivity contribution in [2.24, 2.45) is 12.8 Å². The van der Waals surface area contributed by atoms with Crippen molar-refractivity contribution in [1.29, 1.82) is 0 Å². The van der Waals surface area contributed by atoms with Crippen LogP contribution in [0.2, 0.25) is 0 Å². The molecule has 0 saturated carbocycles. The smallest absolute Gasteiger partial charge is 0.410 e. The lowest BCUT2D eigenvalue weighted by Gasteiger charge is -2.21. The van der Waals surface area contributed by atoms with Gasteiger partial charge in [0.25, 0.3) is 0 Å². The minimum Gasteiger partial charge on any atom is -0.491 e. The molecule has 0 aliphatic carbocycles. The molecule has 202 valence electrons. The molecule has 1 fully saturated rings. The lowest BCUT2D eigenvalue weighted by molar-refractivity contribution is 0.0998. The van der Waals surface area contributed by atoms with E-state index >= 15 is 0 Å². The molecule has 2 amide bonds. The lowest BCUT2D eigenvalue weighted by atomic mass is 9.86. The van der Waals surface area contributed by atoms with Gasteiger partial charge in [-0.15, -0.1) is 0 Å². The average Bonchev–Trinajstić information content (AvgIpc) is 3.48. The maximum Gasteiger partial charge on any atom is 0.410 e. The highest BCUT2D eigenvalue weighted by Crippen LogP contribution is 2.32. The normalized spacial score (nSPS) is 15.0. The van der Waals surface area contributed by atoms with E-state index in [1.807, 2.05) is 68.9 Å². The van der Waals surface area contributed by atoms with Gasteiger partial charge in [-0.2, -0.15) is 0 Å². The highest BCUT2D eigenvalue weighted by atomic mass is 16.6. The Hall–Kier alpha value is -3.85. The van der Waals surface area contributed by atoms with Crippen LogP contribution >= 0.6 is 0 Å². The van der Waals surface area contributed by atoms with Crippen LogP contribution in [-0.4, -0.2) is 57.4 Å². The number of primary amides is 1. The number of nitrogens with two attached hydrogens (primary N) is 1. The molecule has 38 heavy (non-hydrogen) atoms. The van der Waals surface area contributed by atoms with Crippen molar-refractivity contribution in [3.05, 3.63) is 71.2 Å². The highest BCUT2D eigenvalue weighted by molar-refractivity contribution is 5.94. The number of ether oxygens (including phenoxy) is 2. The molecule has 1 aliphatic rings. The van der Waals surface area contributed by atoms with E-state index in [1.165, 1.54) is 0 Å². The third-order valence-corrected chi connectivity index (χ3v) is 6.86. The van der Waals surface area contributed by atoms with E-state index in [4.69, 9.17) is 20.2 Å². The first kappa shape index (κ1) is 27.2. The van der Waals surface area contributed by atoms with Crippen LogP contribution in [0.1, 0.15) is 66.5 Å². The number of amides is 2. The molecule has 2 atom stereocenters. The fourth-order valence-electron chi connectivity index (χ4n) is 4.97. The van der Waals surface area contributed by atoms with Gasteiger partial charge in [-0.1, -0.05) is 24.3 Å². The number of carbonyl (C=O) groups is 2. The third kappa shape index (κ3) is 5.99. The number of aromatic nitrogens is 2. The highest BCUT2D eigenvalue weighted by Gasteiger charge is 2.30. The number of nitrogens with zero attached hydrogens (tertiary/aromatic N) is 3. The minimum absolute atomic E-state index is 0.00890. The van der Waals surface area contributed by atoms with Gasteiger partial charge in [0.2, 0.25) is 5.91 Å². The standard InChI is InChI=1S/C29H36N4O5/c1-18(2)38-23-9-10-24(27(30)35)25(16-23)22(11-13-34)15-20-5-7-21(8-6-20)26-17-32(4)28(31-26)19(3)33-12-14-37-29(33)36/h5-10,16-19,22,34H,11-15H2,1-4H3,(H2,30,35)/t19-,22-/m1/s1. The van der Waals surface area contributed by atoms with Gasteiger partial charge in [-0.25, -0.2) is 9.78 Å². The molecule has 0 spiro atoms. The minimum atomic E-state index is -0.503. The Kier molecular flexibility index (Phi) is 8.36. The number of aliphatic hydroxyl groups excluding tert-OH is 1. The second-order valence-electron chi connectivity index (χ2n) is 9.97. The van der Waals surface area contributed by atoms with Gasteiger partial charge in [0.15, 0.2) is 0 Å². The first-order chi connectivity index (χ1) is 18.2. The molecular formula is C29H36N4O5. The Bertz CT molecular complexity index is 1280. The van der Waals surface area contributed by atoms with E-state index in [0.717, 1.165) is 28.2 Å². The van der Waals surface area contributed by atoms with E-state index in [1.54, 1.807) is 17.0 Å². The van der Waals surface area contributed by atoms with Crippen molar-refractivity contribution in [1.82, 2.24) is 14.5 Å². The zero-order valence-electron chi connectivity index (χ0n) is 22.4. The summed E-state index contributed by atoms with van der Waals surface area (Å²) in [6, 6.07) is 13.2. The molecule has 9 nitrogen and oxygen atoms in total. The monoisotopic (exact) mass is 520 g/mol. The molecule has 2 aromatic carbocycles. The SMILES string of the molecule is CC(C)Oc1ccc(C(N)=O)c([C@H](CCO)Cc2ccc(-c3cn(C)c([C@@H](C)N4CCOC4=O)n3)cc2)c1. The van der Waals surface area contributed by atoms with Crippen molar-refractivity contribution >= 4 is 12.0 Å². The van der Waals surface area contributed by atoms with Crippen LogP contribution in [0.4, 0.5) is 4.79 Å². The van der Waals surface area contributed by atoms with Gasteiger partial charge in [0.05, 0.1) is 24.4 Å². The second kappa shape index (κ2) is 11.7. The maximum atomic E-state index is 12.2. The van der Waals surface area contributed by atoms with E-state index in [-0.39, 0.29) is 30.8 Å². The Morgan fingerprint density at radius 3 is 2.53 bits per heavy atom. The molecule has 3 N–H and O–H groups in total. The number of cyclic esters (lactones) is 1. The molecule has 0 unspecified atom stereocenters. The number of rotatable bonds is 11. The Balaban J connectivity index is 1.56. The Morgan fingerprint density at radius 1 is 1.18 bits per heavy atom. The number of aliphatic hydroxyl groups is 1. The van der Waals surface area contributed by atoms with Crippen molar-refractivity contribution in [3.8, 4) is 17.0 Å². The second-order valence-corrected chi connectivity index (χ2v) is 9.97. The predicted octanol–water partition coefficient (Wildman–Crippen LogP) is 4.20. The van der Waals surface area contributed by atoms with Gasteiger partial charge < -0.3 is 24.9 Å². The molecular weight excluding hydrogens is 484 g/mol. The van der Waals surface area contributed by atoms with Crippen LogP contribution in [0.25, 0.3) is 11.3 Å². The molecule has 1 saturated heterocycles. The summed E-state index contributed by atoms with van der Waals surface area (Å²) < 4.78 is 12.9. The van der Waals surface area contributed by atoms with Crippen LogP contribution in [0.3, 0.4) is 0 Å². The van der Waals surface area contributed by atoms with Gasteiger partial charge in [0, 0.05) is 31.0 Å². The van der Waals surface area contributed by atoms with E-state index in [2.05, 4.69) is 0 Å². The number of aryl methyl sites for hydroxylation is 1. The molecule has 1 aliphatic heterocycles. The summed E-state index contributed by atoms with van der Waals surface area (Å²) in [5, 5.41) is 9.79. The summed E-state index contributed by atoms with van der Waals surface area (Å²) in [7, 11) is 1.92. The average molecular weight is 521 g/mol. The number of hydrogen-bond donors (Lipinski definition) is 2. The topological polar surface area (TPSA) is 120 Å². The largest absolute Gasteiger partial charge is 0.491 e. The Morgan fingerprint density at radius 2 is 1.92 bits per heavy atom. The summed E-state index contributed by atoms with van der Waals surface area (Å²) in [4.78, 5) is 30.7. The van der Waals surface area contributed by atoms with Crippen LogP contribution < -0.4 is 10.5 Å². The number of imidazole rings is 1. The molecule has 0 bridgehead atoms. The number of hydrogen-bond acceptors (Lipinski definition) is 6. The van der Waals surface area contributed by atoms with Crippen LogP contribution in [0, 0.1) is 0 Å². The van der Waals surface area contributed by atoms with E-state index in [9.17, 15) is 14.7 Å². The van der Waals surface area contributed by atoms with Crippen molar-refractivity contribution in [2.75, 3.05) is 19.8 Å². The fourth-order valence-corrected chi connectivity index (χ4v) is 4.97. The molecule has 0 radical (unpaired) electrons. The quantitative estimate of drug-likeness (QED) is 0.391. The first-order valence-electron chi connectivity index (χ1n) is 12.9. The fraction of sp³-hybridized carbons (Fsp3) is 0.414. The summed E-state index contributed by atoms with van der Waals surface area (Å²) in [6.07, 6.45) is 2.73. The van der Waals surface area contributed by atoms with Crippen LogP contribution in [0.5, 0.6) is 5.75 Å². The van der Waals surface area contributed by atoms with Crippen LogP contribution in [-0.2, 0) is 18.2 Å². The molecule has 4 rings (SSSR count). The first-order valence-corrected chi connectivity index (χ1v) is 12.9. The summed E-state index contributed by atoms with van der Waals surface area (Å²) in [5.41, 5.74) is 9.72. The van der Waals surface area contributed by atoms with Gasteiger partial charge in [0.1, 0.15) is 18.2 Å². The van der Waals surface area contributed by atoms with Crippen molar-refractivity contribution in [3.63, 3.8) is 0 Å². The predicted molar refractivity (Wildman–Crippen MR) is 144 cm³/mol. The van der Waals surface area contributed by atoms with Gasteiger partial charge in [-0.3, -0.25) is 9.69 Å². The molecule has 9 heteroatoms. The van der Waals surface area contributed by atoms with Crippen LogP contribution in [0.15, 0.2) is 48.7 Å². The summed E-state index contributed by atoms with van der Waals surface area (Å²) in [5.74, 6) is 0.831. The zero-order chi connectivity index (χ0) is 27.4. The van der Waals surface area contributed by atoms with Gasteiger partial charge in [-0.05, 0) is 68.9 Å². The molecule has 2 heterocycles. The van der Waals surface area contributed by atoms with Gasteiger partial charge >= 0.3 is 6.09 Å². The number of carbonyl (C=O) groups excluding carboxylic acids is 2. The molecule has 3 aromatic rings. The third-order valence-electron chi connectivity index (χ3n) is 6.86. The number of benzene rings is 2. The maximum absolute atomic E-state index is 12.2. The van der Waals surface area contributed by atoms with Crippen molar-refractivity contribution in [2.45, 2.75) is 51.7 Å². The Labute approximate surface area is 223 Å². The van der Waals surface area contributed by atoms with E-state index < -0.39 is 5.91 Å². The van der Waals surface area contributed by atoms with E-state index in [0.29, 0.717) is 37.3 Å². The zero-order valence-corrected chi connectivity index (χ0v) is 22.4. The molecule has 1 aromatic heterocycles. The van der Waals surface area contributed by atoms with Crippen molar-refractivity contribution < 1.29 is 24.2 Å².